The normalized spacial score (nSPS) is 9.30. The molecule has 2 heteroatoms. The van der Waals surface area contributed by atoms with Gasteiger partial charge in [-0.1, -0.05) is 72.5 Å². The van der Waals surface area contributed by atoms with Gasteiger partial charge in [-0.2, -0.15) is 0 Å². The molecule has 0 bridgehead atoms. The van der Waals surface area contributed by atoms with Gasteiger partial charge in [0.15, 0.2) is 0 Å². The molecular formula is C21H18OW-. The molecule has 0 N–H and O–H groups in total. The van der Waals surface area contributed by atoms with Crippen LogP contribution in [0.1, 0.15) is 11.1 Å². The van der Waals surface area contributed by atoms with Gasteiger partial charge in [0.2, 0.25) is 0 Å². The molecule has 0 saturated carbocycles. The Morgan fingerprint density at radius 1 is 0.609 bits per heavy atom. The van der Waals surface area contributed by atoms with Gasteiger partial charge in [0.25, 0.3) is 0 Å². The van der Waals surface area contributed by atoms with Crippen molar-refractivity contribution in [1.29, 1.82) is 0 Å². The van der Waals surface area contributed by atoms with Crippen molar-refractivity contribution in [3.8, 4) is 11.8 Å². The predicted molar refractivity (Wildman–Crippen MR) is 91.8 cm³/mol. The van der Waals surface area contributed by atoms with Gasteiger partial charge in [-0.15, -0.1) is 0 Å². The number of hydrogen-bond acceptors (Lipinski definition) is 0. The minimum absolute atomic E-state index is 0. The van der Waals surface area contributed by atoms with Crippen molar-refractivity contribution in [1.82, 2.24) is 0 Å². The van der Waals surface area contributed by atoms with Crippen LogP contribution in [0.5, 0.6) is 0 Å². The summed E-state index contributed by atoms with van der Waals surface area (Å²) in [6.07, 6.45) is 10.0. The van der Waals surface area contributed by atoms with Crippen molar-refractivity contribution in [2.45, 2.75) is 0 Å². The van der Waals surface area contributed by atoms with Crippen molar-refractivity contribution in [3.05, 3.63) is 117 Å². The summed E-state index contributed by atoms with van der Waals surface area (Å²) in [5.74, 6) is 6.22. The number of benzene rings is 2. The molecule has 0 aliphatic heterocycles. The predicted octanol–water partition coefficient (Wildman–Crippen LogP) is 4.81. The monoisotopic (exact) mass is 470 g/mol. The third kappa shape index (κ3) is 11.2. The summed E-state index contributed by atoms with van der Waals surface area (Å²) >= 11 is 0. The number of rotatable bonds is 0. The van der Waals surface area contributed by atoms with E-state index >= 15 is 0 Å². The Morgan fingerprint density at radius 3 is 1.22 bits per heavy atom. The molecule has 0 aromatic heterocycles. The topological polar surface area (TPSA) is 19.9 Å². The van der Waals surface area contributed by atoms with Gasteiger partial charge in [0.05, 0.1) is 0 Å². The first-order valence-electron chi connectivity index (χ1n) is 6.44. The van der Waals surface area contributed by atoms with E-state index in [1.54, 1.807) is 0 Å². The summed E-state index contributed by atoms with van der Waals surface area (Å²) in [5.41, 5.74) is 2.10. The first kappa shape index (κ1) is 23.2. The third-order valence-corrected chi connectivity index (χ3v) is 2.45. The smallest absolute Gasteiger partial charge is 0.00506 e. The van der Waals surface area contributed by atoms with Crippen LogP contribution in [0.15, 0.2) is 85.0 Å². The molecule has 1 nitrogen and oxygen atoms in total. The summed E-state index contributed by atoms with van der Waals surface area (Å²) in [6, 6.07) is 20.0. The Morgan fingerprint density at radius 2 is 0.957 bits per heavy atom. The van der Waals surface area contributed by atoms with Gasteiger partial charge in [-0.25, -0.2) is 0 Å². The molecular weight excluding hydrogens is 452 g/mol. The van der Waals surface area contributed by atoms with Crippen LogP contribution in [-0.2, 0) is 25.7 Å². The van der Waals surface area contributed by atoms with Gasteiger partial charge in [-0.3, -0.25) is 0 Å². The maximum absolute atomic E-state index is 7.50. The second-order valence-corrected chi connectivity index (χ2v) is 3.94. The summed E-state index contributed by atoms with van der Waals surface area (Å²) in [5, 5.41) is 0. The van der Waals surface area contributed by atoms with Crippen LogP contribution < -0.4 is 0 Å². The van der Waals surface area contributed by atoms with Crippen LogP contribution in [0.3, 0.4) is 0 Å². The second-order valence-electron chi connectivity index (χ2n) is 3.94. The maximum Gasteiger partial charge on any atom is 0.00506 e. The molecule has 23 heavy (non-hydrogen) atoms. The summed E-state index contributed by atoms with van der Waals surface area (Å²) in [6.45, 7) is 4.50. The van der Waals surface area contributed by atoms with E-state index in [0.29, 0.717) is 0 Å². The summed E-state index contributed by atoms with van der Waals surface area (Å²) < 4.78 is 7.50. The first-order chi connectivity index (χ1) is 10.4. The van der Waals surface area contributed by atoms with Gasteiger partial charge >= 0.3 is 11.3 Å². The van der Waals surface area contributed by atoms with E-state index in [1.165, 1.54) is 0 Å². The van der Waals surface area contributed by atoms with Gasteiger partial charge in [0, 0.05) is 38.6 Å². The maximum atomic E-state index is 7.50. The Balaban J connectivity index is 0. The van der Waals surface area contributed by atoms with Crippen molar-refractivity contribution in [2.75, 3.05) is 0 Å². The minimum atomic E-state index is 0. The molecule has 3 rings (SSSR count). The Kier molecular flexibility index (Phi) is 16.4. The largest absolute Gasteiger partial charge is 0.358 e. The van der Waals surface area contributed by atoms with Crippen molar-refractivity contribution in [3.63, 3.8) is 0 Å². The van der Waals surface area contributed by atoms with Gasteiger partial charge in [-0.05, 0) is 24.3 Å². The second kappa shape index (κ2) is 16.3. The molecule has 0 fully saturated rings. The Labute approximate surface area is 154 Å². The molecule has 115 valence electrons. The van der Waals surface area contributed by atoms with E-state index in [4.69, 9.17) is 4.65 Å². The molecule has 1 aliphatic rings. The van der Waals surface area contributed by atoms with Crippen molar-refractivity contribution < 1.29 is 25.7 Å². The van der Waals surface area contributed by atoms with E-state index < -0.39 is 0 Å². The molecule has 2 aromatic carbocycles. The standard InChI is InChI=1S/C14H10.C5H5.CO.CH3.W/c1-3-7-13(8-4-1)11-12-14-9-5-2-6-10-14;1-2-4-5-3-1;1-2;;/h1-10H;1-5H;;1H3;/q;;;-1;. The van der Waals surface area contributed by atoms with Crippen LogP contribution in [0.4, 0.5) is 0 Å². The average Bonchev–Trinajstić information content (AvgIpc) is 3.17. The molecule has 0 amide bonds. The molecule has 0 unspecified atom stereocenters. The van der Waals surface area contributed by atoms with E-state index in [2.05, 4.69) is 18.5 Å². The van der Waals surface area contributed by atoms with Crippen LogP contribution >= 0.6 is 0 Å². The SMILES string of the molecule is C(#Cc1ccccc1)c1ccccc1.[C-]#[O+].[CH3-].[CH]1C=CC=C1.[W]. The number of hydrogen-bond donors (Lipinski definition) is 0. The molecule has 0 atom stereocenters. The minimum Gasteiger partial charge on any atom is -0.358 e. The molecule has 0 heterocycles. The first-order valence-corrected chi connectivity index (χ1v) is 6.44. The summed E-state index contributed by atoms with van der Waals surface area (Å²) in [7, 11) is 0. The van der Waals surface area contributed by atoms with Crippen LogP contribution in [-0.4, -0.2) is 0 Å². The average molecular weight is 470 g/mol. The zero-order valence-corrected chi connectivity index (χ0v) is 15.9. The fraction of sp³-hybridized carbons (Fsp3) is 0. The molecule has 0 spiro atoms. The van der Waals surface area contributed by atoms with Crippen molar-refractivity contribution in [2.24, 2.45) is 0 Å². The van der Waals surface area contributed by atoms with Crippen LogP contribution in [0, 0.1) is 32.3 Å². The Hall–Kier alpha value is -2.09. The summed E-state index contributed by atoms with van der Waals surface area (Å²) in [4.78, 5) is 0. The number of allylic oxidation sites excluding steroid dienone is 4. The Bertz CT molecular complexity index is 590. The molecule has 2 aromatic rings. The fourth-order valence-corrected chi connectivity index (χ4v) is 1.51. The molecule has 0 saturated heterocycles. The van der Waals surface area contributed by atoms with E-state index in [9.17, 15) is 0 Å². The molecule has 1 aliphatic carbocycles. The zero-order valence-electron chi connectivity index (χ0n) is 13.0. The van der Waals surface area contributed by atoms with E-state index in [-0.39, 0.29) is 28.5 Å². The van der Waals surface area contributed by atoms with E-state index in [0.717, 1.165) is 11.1 Å². The van der Waals surface area contributed by atoms with Gasteiger partial charge < -0.3 is 7.43 Å². The quantitative estimate of drug-likeness (QED) is 0.299. The molecule has 1 radical (unpaired) electrons. The van der Waals surface area contributed by atoms with Gasteiger partial charge in [0.1, 0.15) is 0 Å². The van der Waals surface area contributed by atoms with E-state index in [1.807, 2.05) is 91.4 Å². The van der Waals surface area contributed by atoms with Crippen LogP contribution in [0.25, 0.3) is 0 Å². The fourth-order valence-electron chi connectivity index (χ4n) is 1.51. The zero-order chi connectivity index (χ0) is 15.2. The third-order valence-electron chi connectivity index (χ3n) is 2.45. The van der Waals surface area contributed by atoms with Crippen molar-refractivity contribution >= 4 is 0 Å². The van der Waals surface area contributed by atoms with Crippen LogP contribution in [0.2, 0.25) is 0 Å².